The molecule has 3 aromatic heterocycles. The lowest BCUT2D eigenvalue weighted by Crippen LogP contribution is -2.53. The first-order chi connectivity index (χ1) is 16.8. The molecule has 1 aromatic carbocycles. The molecule has 1 amide bonds. The number of H-pyrrole nitrogens is 1. The number of anilines is 2. The molecule has 0 saturated heterocycles. The minimum absolute atomic E-state index is 0.138. The highest BCUT2D eigenvalue weighted by atomic mass is 35.5. The zero-order valence-corrected chi connectivity index (χ0v) is 20.0. The van der Waals surface area contributed by atoms with Crippen LogP contribution in [0.15, 0.2) is 48.9 Å². The number of aromatic nitrogens is 3. The number of carbonyl (C=O) groups excluding carboxylic acids is 2. The van der Waals surface area contributed by atoms with Gasteiger partial charge in [0, 0.05) is 37.2 Å². The van der Waals surface area contributed by atoms with Gasteiger partial charge in [0.15, 0.2) is 5.78 Å². The van der Waals surface area contributed by atoms with Crippen molar-refractivity contribution in [1.82, 2.24) is 15.0 Å². The second kappa shape index (κ2) is 8.68. The number of fused-ring (bicyclic) bond motifs is 3. The van der Waals surface area contributed by atoms with Crippen molar-refractivity contribution < 1.29 is 19.1 Å². The number of rotatable bonds is 6. The Morgan fingerprint density at radius 2 is 2.00 bits per heavy atom. The van der Waals surface area contributed by atoms with E-state index in [0.717, 1.165) is 5.56 Å². The van der Waals surface area contributed by atoms with Crippen LogP contribution >= 0.6 is 11.6 Å². The largest absolute Gasteiger partial charge is 0.439 e. The zero-order chi connectivity index (χ0) is 24.7. The Hall–Kier alpha value is -3.95. The number of methoxy groups -OCH3 is 1. The number of nitrogens with one attached hydrogen (secondary N) is 3. The quantitative estimate of drug-likeness (QED) is 0.334. The van der Waals surface area contributed by atoms with Crippen LogP contribution in [-0.4, -0.2) is 45.9 Å². The highest BCUT2D eigenvalue weighted by Crippen LogP contribution is 2.39. The van der Waals surface area contributed by atoms with Crippen molar-refractivity contribution >= 4 is 45.7 Å². The molecule has 4 aromatic rings. The van der Waals surface area contributed by atoms with Gasteiger partial charge in [-0.25, -0.2) is 9.97 Å². The summed E-state index contributed by atoms with van der Waals surface area (Å²) in [5.41, 5.74) is 2.21. The van der Waals surface area contributed by atoms with Crippen LogP contribution < -0.4 is 15.4 Å². The Kier molecular flexibility index (Phi) is 5.66. The van der Waals surface area contributed by atoms with E-state index in [-0.39, 0.29) is 23.3 Å². The molecule has 0 bridgehead atoms. The SMILES string of the molecule is COC[C@@]1(C)Nc2c(cnc3[nH]cc(C(=O)c4ccc(Oc5cc(C)ccn5)cc4Cl)c23)NC1=O. The summed E-state index contributed by atoms with van der Waals surface area (Å²) in [5, 5.41) is 6.88. The molecule has 178 valence electrons. The molecular formula is C25H22ClN5O4. The lowest BCUT2D eigenvalue weighted by molar-refractivity contribution is -0.121. The summed E-state index contributed by atoms with van der Waals surface area (Å²) in [5.74, 6) is 0.339. The summed E-state index contributed by atoms with van der Waals surface area (Å²) in [6.07, 6.45) is 4.78. The van der Waals surface area contributed by atoms with Gasteiger partial charge in [-0.15, -0.1) is 0 Å². The third kappa shape index (κ3) is 4.09. The summed E-state index contributed by atoms with van der Waals surface area (Å²) < 4.78 is 11.0. The number of ketones is 1. The Balaban J connectivity index is 1.51. The van der Waals surface area contributed by atoms with Crippen LogP contribution in [0.4, 0.5) is 11.4 Å². The van der Waals surface area contributed by atoms with Crippen molar-refractivity contribution in [2.75, 3.05) is 24.4 Å². The van der Waals surface area contributed by atoms with E-state index in [9.17, 15) is 9.59 Å². The molecule has 0 spiro atoms. The van der Waals surface area contributed by atoms with Crippen LogP contribution in [0.1, 0.15) is 28.4 Å². The van der Waals surface area contributed by atoms with Crippen LogP contribution in [0.25, 0.3) is 11.0 Å². The predicted octanol–water partition coefficient (Wildman–Crippen LogP) is 4.71. The van der Waals surface area contributed by atoms with Gasteiger partial charge in [-0.3, -0.25) is 9.59 Å². The van der Waals surface area contributed by atoms with Crippen LogP contribution in [0.3, 0.4) is 0 Å². The maximum Gasteiger partial charge on any atom is 0.252 e. The zero-order valence-electron chi connectivity index (χ0n) is 19.2. The first-order valence-corrected chi connectivity index (χ1v) is 11.2. The van der Waals surface area contributed by atoms with Crippen LogP contribution in [0.2, 0.25) is 5.02 Å². The molecule has 9 nitrogen and oxygen atoms in total. The average Bonchev–Trinajstić information content (AvgIpc) is 3.25. The Morgan fingerprint density at radius 3 is 2.74 bits per heavy atom. The van der Waals surface area contributed by atoms with E-state index in [1.807, 2.05) is 13.0 Å². The van der Waals surface area contributed by atoms with Crippen molar-refractivity contribution in [1.29, 1.82) is 0 Å². The standard InChI is InChI=1S/C25H22ClN5O4/c1-13-6-7-27-19(8-13)35-14-4-5-15(17(26)9-14)22(32)16-10-28-23-20(16)21-18(11-29-23)30-24(33)25(2,31-21)12-34-3/h4-11,31H,12H2,1-3H3,(H,28,29)(H,30,33)/t25-/m1/s1. The van der Waals surface area contributed by atoms with E-state index in [0.29, 0.717) is 45.2 Å². The summed E-state index contributed by atoms with van der Waals surface area (Å²) in [6, 6.07) is 8.53. The molecule has 0 aliphatic carbocycles. The second-order valence-electron chi connectivity index (χ2n) is 8.56. The molecule has 35 heavy (non-hydrogen) atoms. The molecule has 10 heteroatoms. The van der Waals surface area contributed by atoms with Gasteiger partial charge in [-0.1, -0.05) is 11.6 Å². The maximum atomic E-state index is 13.6. The van der Waals surface area contributed by atoms with Gasteiger partial charge in [0.1, 0.15) is 16.9 Å². The summed E-state index contributed by atoms with van der Waals surface area (Å²) in [4.78, 5) is 37.8. The molecule has 0 unspecified atom stereocenters. The Labute approximate surface area is 205 Å². The molecule has 3 N–H and O–H groups in total. The number of hydrogen-bond donors (Lipinski definition) is 3. The third-order valence-corrected chi connectivity index (χ3v) is 6.14. The lowest BCUT2D eigenvalue weighted by atomic mass is 9.96. The van der Waals surface area contributed by atoms with Crippen molar-refractivity contribution in [2.45, 2.75) is 19.4 Å². The minimum Gasteiger partial charge on any atom is -0.439 e. The van der Waals surface area contributed by atoms with E-state index >= 15 is 0 Å². The van der Waals surface area contributed by atoms with E-state index in [4.69, 9.17) is 21.1 Å². The normalized spacial score (nSPS) is 17.0. The van der Waals surface area contributed by atoms with E-state index in [1.54, 1.807) is 43.6 Å². The van der Waals surface area contributed by atoms with Gasteiger partial charge in [-0.05, 0) is 37.6 Å². The number of amides is 1. The molecule has 4 heterocycles. The number of halogens is 1. The van der Waals surface area contributed by atoms with Gasteiger partial charge in [0.05, 0.1) is 40.2 Å². The highest BCUT2D eigenvalue weighted by Gasteiger charge is 2.39. The number of hydrogen-bond acceptors (Lipinski definition) is 7. The van der Waals surface area contributed by atoms with Crippen molar-refractivity contribution in [3.8, 4) is 11.6 Å². The average molecular weight is 492 g/mol. The monoisotopic (exact) mass is 491 g/mol. The summed E-state index contributed by atoms with van der Waals surface area (Å²) >= 11 is 6.50. The van der Waals surface area contributed by atoms with Gasteiger partial charge >= 0.3 is 0 Å². The molecule has 1 aliphatic rings. The topological polar surface area (TPSA) is 118 Å². The first-order valence-electron chi connectivity index (χ1n) is 10.8. The van der Waals surface area contributed by atoms with Gasteiger partial charge < -0.3 is 25.1 Å². The smallest absolute Gasteiger partial charge is 0.252 e. The number of ether oxygens (including phenoxy) is 2. The van der Waals surface area contributed by atoms with Crippen LogP contribution in [0, 0.1) is 6.92 Å². The molecule has 5 rings (SSSR count). The van der Waals surface area contributed by atoms with Gasteiger partial charge in [0.2, 0.25) is 5.88 Å². The summed E-state index contributed by atoms with van der Waals surface area (Å²) in [6.45, 7) is 3.81. The number of benzene rings is 1. The number of aromatic amines is 1. The molecule has 0 saturated carbocycles. The van der Waals surface area contributed by atoms with Gasteiger partial charge in [-0.2, -0.15) is 0 Å². The number of aryl methyl sites for hydroxylation is 1. The van der Waals surface area contributed by atoms with E-state index in [2.05, 4.69) is 25.6 Å². The minimum atomic E-state index is -1.02. The van der Waals surface area contributed by atoms with Crippen molar-refractivity contribution in [2.24, 2.45) is 0 Å². The maximum absolute atomic E-state index is 13.6. The summed E-state index contributed by atoms with van der Waals surface area (Å²) in [7, 11) is 1.52. The van der Waals surface area contributed by atoms with Gasteiger partial charge in [0.25, 0.3) is 5.91 Å². The fourth-order valence-electron chi connectivity index (χ4n) is 4.06. The Bertz CT molecular complexity index is 1480. The highest BCUT2D eigenvalue weighted by molar-refractivity contribution is 6.36. The van der Waals surface area contributed by atoms with Crippen LogP contribution in [0.5, 0.6) is 11.6 Å². The molecular weight excluding hydrogens is 470 g/mol. The molecule has 1 aliphatic heterocycles. The van der Waals surface area contributed by atoms with E-state index in [1.165, 1.54) is 13.3 Å². The van der Waals surface area contributed by atoms with Crippen molar-refractivity contribution in [3.05, 3.63) is 70.6 Å². The number of nitrogens with zero attached hydrogens (tertiary/aromatic N) is 2. The number of pyridine rings is 2. The van der Waals surface area contributed by atoms with Crippen molar-refractivity contribution in [3.63, 3.8) is 0 Å². The fraction of sp³-hybridized carbons (Fsp3) is 0.200. The number of carbonyl (C=O) groups is 2. The predicted molar refractivity (Wildman–Crippen MR) is 133 cm³/mol. The molecule has 0 fully saturated rings. The Morgan fingerprint density at radius 1 is 1.17 bits per heavy atom. The van der Waals surface area contributed by atoms with E-state index < -0.39 is 5.54 Å². The second-order valence-corrected chi connectivity index (χ2v) is 8.97. The fourth-order valence-corrected chi connectivity index (χ4v) is 4.31. The first kappa shape index (κ1) is 22.8. The molecule has 0 radical (unpaired) electrons. The lowest BCUT2D eigenvalue weighted by Gasteiger charge is -2.35. The van der Waals surface area contributed by atoms with Crippen LogP contribution in [-0.2, 0) is 9.53 Å². The molecule has 1 atom stereocenters. The third-order valence-electron chi connectivity index (χ3n) is 5.83.